The van der Waals surface area contributed by atoms with Crippen LogP contribution in [0.5, 0.6) is 11.5 Å². The lowest BCUT2D eigenvalue weighted by Gasteiger charge is -2.15. The Hall–Kier alpha value is -4.11. The Labute approximate surface area is 194 Å². The molecule has 1 heterocycles. The van der Waals surface area contributed by atoms with E-state index in [1.807, 2.05) is 18.2 Å². The van der Waals surface area contributed by atoms with Crippen molar-refractivity contribution in [2.24, 2.45) is 10.2 Å². The molecule has 2 amide bonds. The minimum absolute atomic E-state index is 0.0464. The maximum Gasteiger partial charge on any atom is 0.247 e. The monoisotopic (exact) mass is 460 g/mol. The largest absolute Gasteiger partial charge is 0.508 e. The van der Waals surface area contributed by atoms with Gasteiger partial charge in [0.15, 0.2) is 5.17 Å². The summed E-state index contributed by atoms with van der Waals surface area (Å²) in [5, 5.41) is 30.1. The van der Waals surface area contributed by atoms with Gasteiger partial charge < -0.3 is 15.5 Å². The molecule has 1 fully saturated rings. The first-order valence-electron chi connectivity index (χ1n) is 10.0. The van der Waals surface area contributed by atoms with Crippen molar-refractivity contribution in [1.82, 2.24) is 0 Å². The Morgan fingerprint density at radius 3 is 2.42 bits per heavy atom. The zero-order chi connectivity index (χ0) is 23.2. The van der Waals surface area contributed by atoms with Gasteiger partial charge in [0, 0.05) is 17.7 Å². The molecule has 0 bridgehead atoms. The molecule has 1 aliphatic rings. The molecule has 1 atom stereocenters. The van der Waals surface area contributed by atoms with E-state index in [0.717, 1.165) is 11.8 Å². The van der Waals surface area contributed by atoms with Crippen molar-refractivity contribution in [3.63, 3.8) is 0 Å². The Morgan fingerprint density at radius 1 is 1.00 bits per heavy atom. The van der Waals surface area contributed by atoms with Gasteiger partial charge in [-0.1, -0.05) is 42.1 Å². The van der Waals surface area contributed by atoms with Crippen LogP contribution in [0.25, 0.3) is 0 Å². The van der Waals surface area contributed by atoms with Gasteiger partial charge in [-0.05, 0) is 48.5 Å². The number of thioether (sulfide) groups is 1. The lowest BCUT2D eigenvalue weighted by molar-refractivity contribution is -0.121. The number of phenols is 2. The highest BCUT2D eigenvalue weighted by atomic mass is 32.2. The Balaban J connectivity index is 1.56. The van der Waals surface area contributed by atoms with Crippen molar-refractivity contribution in [2.45, 2.75) is 11.7 Å². The molecule has 0 radical (unpaired) electrons. The Bertz CT molecular complexity index is 1210. The molecule has 0 spiro atoms. The van der Waals surface area contributed by atoms with Gasteiger partial charge in [-0.25, -0.2) is 0 Å². The second-order valence-electron chi connectivity index (χ2n) is 7.10. The SMILES string of the molecule is O=C(CC1S/C(=N/N=C/c2ccccc2O)N(c2ccc(O)cc2)C1=O)Nc1ccccc1. The topological polar surface area (TPSA) is 115 Å². The number of aromatic hydroxyl groups is 2. The van der Waals surface area contributed by atoms with Crippen molar-refractivity contribution in [1.29, 1.82) is 0 Å². The van der Waals surface area contributed by atoms with E-state index in [1.165, 1.54) is 29.3 Å². The number of amidine groups is 1. The Morgan fingerprint density at radius 2 is 1.70 bits per heavy atom. The molecule has 1 saturated heterocycles. The minimum Gasteiger partial charge on any atom is -0.508 e. The van der Waals surface area contributed by atoms with E-state index in [1.54, 1.807) is 42.5 Å². The molecule has 8 nitrogen and oxygen atoms in total. The van der Waals surface area contributed by atoms with Gasteiger partial charge in [0.25, 0.3) is 0 Å². The van der Waals surface area contributed by atoms with E-state index >= 15 is 0 Å². The predicted octanol–water partition coefficient (Wildman–Crippen LogP) is 3.97. The van der Waals surface area contributed by atoms with Crippen molar-refractivity contribution < 1.29 is 19.8 Å². The van der Waals surface area contributed by atoms with Gasteiger partial charge in [0.1, 0.15) is 16.7 Å². The maximum absolute atomic E-state index is 13.2. The highest BCUT2D eigenvalue weighted by Gasteiger charge is 2.40. The summed E-state index contributed by atoms with van der Waals surface area (Å²) in [7, 11) is 0. The number of benzene rings is 3. The molecule has 9 heteroatoms. The fourth-order valence-corrected chi connectivity index (χ4v) is 4.23. The van der Waals surface area contributed by atoms with Crippen LogP contribution < -0.4 is 10.2 Å². The molecule has 4 rings (SSSR count). The molecule has 166 valence electrons. The highest BCUT2D eigenvalue weighted by molar-refractivity contribution is 8.16. The van der Waals surface area contributed by atoms with Crippen LogP contribution in [0.2, 0.25) is 0 Å². The first-order valence-corrected chi connectivity index (χ1v) is 10.9. The van der Waals surface area contributed by atoms with Crippen LogP contribution in [0.1, 0.15) is 12.0 Å². The van der Waals surface area contributed by atoms with E-state index in [-0.39, 0.29) is 34.9 Å². The van der Waals surface area contributed by atoms with Gasteiger partial charge in [0.05, 0.1) is 11.9 Å². The summed E-state index contributed by atoms with van der Waals surface area (Å²) in [6, 6.07) is 21.8. The summed E-state index contributed by atoms with van der Waals surface area (Å²) in [6.45, 7) is 0. The average molecular weight is 461 g/mol. The third-order valence-electron chi connectivity index (χ3n) is 4.75. The number of para-hydroxylation sites is 2. The van der Waals surface area contributed by atoms with E-state index in [2.05, 4.69) is 15.5 Å². The summed E-state index contributed by atoms with van der Waals surface area (Å²) in [5.41, 5.74) is 1.62. The fraction of sp³-hybridized carbons (Fsp3) is 0.0833. The number of carbonyl (C=O) groups excluding carboxylic acids is 2. The first-order chi connectivity index (χ1) is 16.0. The lowest BCUT2D eigenvalue weighted by atomic mass is 10.2. The third kappa shape index (κ3) is 5.39. The normalized spacial score (nSPS) is 17.1. The van der Waals surface area contributed by atoms with Crippen LogP contribution in [0, 0.1) is 0 Å². The van der Waals surface area contributed by atoms with E-state index in [4.69, 9.17) is 0 Å². The molecule has 33 heavy (non-hydrogen) atoms. The second-order valence-corrected chi connectivity index (χ2v) is 8.27. The van der Waals surface area contributed by atoms with Gasteiger partial charge >= 0.3 is 0 Å². The molecular formula is C24H20N4O4S. The Kier molecular flexibility index (Phi) is 6.70. The number of carbonyl (C=O) groups is 2. The number of rotatable bonds is 6. The predicted molar refractivity (Wildman–Crippen MR) is 130 cm³/mol. The zero-order valence-corrected chi connectivity index (χ0v) is 18.1. The molecule has 0 aliphatic carbocycles. The van der Waals surface area contributed by atoms with Crippen LogP contribution in [0.15, 0.2) is 89.1 Å². The summed E-state index contributed by atoms with van der Waals surface area (Å²) in [6.07, 6.45) is 1.34. The van der Waals surface area contributed by atoms with Crippen LogP contribution in [-0.4, -0.2) is 38.7 Å². The van der Waals surface area contributed by atoms with Crippen molar-refractivity contribution >= 4 is 46.3 Å². The van der Waals surface area contributed by atoms with Gasteiger partial charge in [0.2, 0.25) is 11.8 Å². The summed E-state index contributed by atoms with van der Waals surface area (Å²) < 4.78 is 0. The van der Waals surface area contributed by atoms with Gasteiger partial charge in [-0.15, -0.1) is 5.10 Å². The third-order valence-corrected chi connectivity index (χ3v) is 5.88. The molecule has 3 N–H and O–H groups in total. The van der Waals surface area contributed by atoms with E-state index in [9.17, 15) is 19.8 Å². The molecule has 0 saturated carbocycles. The van der Waals surface area contributed by atoms with Crippen molar-refractivity contribution in [3.8, 4) is 11.5 Å². The van der Waals surface area contributed by atoms with Crippen molar-refractivity contribution in [3.05, 3.63) is 84.4 Å². The smallest absolute Gasteiger partial charge is 0.247 e. The number of nitrogens with one attached hydrogen (secondary N) is 1. The summed E-state index contributed by atoms with van der Waals surface area (Å²) >= 11 is 1.13. The first kappa shape index (κ1) is 22.1. The second kappa shape index (κ2) is 10.0. The van der Waals surface area contributed by atoms with E-state index in [0.29, 0.717) is 16.9 Å². The highest BCUT2D eigenvalue weighted by Crippen LogP contribution is 2.34. The molecular weight excluding hydrogens is 440 g/mol. The standard InChI is InChI=1S/C24H20N4O4S/c29-19-12-10-18(11-13-19)28-23(32)21(14-22(31)26-17-7-2-1-3-8-17)33-24(28)27-25-15-16-6-4-5-9-20(16)30/h1-13,15,21,29-30H,14H2,(H,26,31)/b25-15+,27-24+. The van der Waals surface area contributed by atoms with E-state index < -0.39 is 5.25 Å². The number of amides is 2. The average Bonchev–Trinajstić information content (AvgIpc) is 3.11. The number of phenolic OH excluding ortho intramolecular Hbond substituents is 2. The molecule has 0 aromatic heterocycles. The number of nitrogens with zero attached hydrogens (tertiary/aromatic N) is 3. The number of hydrogen-bond donors (Lipinski definition) is 3. The van der Waals surface area contributed by atoms with Crippen LogP contribution in [-0.2, 0) is 9.59 Å². The van der Waals surface area contributed by atoms with Gasteiger partial charge in [-0.3, -0.25) is 14.5 Å². The number of hydrogen-bond acceptors (Lipinski definition) is 7. The zero-order valence-electron chi connectivity index (χ0n) is 17.3. The maximum atomic E-state index is 13.2. The minimum atomic E-state index is -0.693. The lowest BCUT2D eigenvalue weighted by Crippen LogP contribution is -2.33. The van der Waals surface area contributed by atoms with Crippen LogP contribution in [0.3, 0.4) is 0 Å². The van der Waals surface area contributed by atoms with Crippen LogP contribution in [0.4, 0.5) is 11.4 Å². The van der Waals surface area contributed by atoms with Gasteiger partial charge in [-0.2, -0.15) is 5.10 Å². The molecule has 1 unspecified atom stereocenters. The summed E-state index contributed by atoms with van der Waals surface area (Å²) in [5.74, 6) is -0.488. The quantitative estimate of drug-likeness (QED) is 0.380. The molecule has 3 aromatic carbocycles. The summed E-state index contributed by atoms with van der Waals surface area (Å²) in [4.78, 5) is 27.1. The number of anilines is 2. The fourth-order valence-electron chi connectivity index (χ4n) is 3.14. The van der Waals surface area contributed by atoms with Crippen LogP contribution >= 0.6 is 11.8 Å². The van der Waals surface area contributed by atoms with Crippen molar-refractivity contribution in [2.75, 3.05) is 10.2 Å². The molecule has 1 aliphatic heterocycles. The molecule has 3 aromatic rings.